The van der Waals surface area contributed by atoms with E-state index in [1.165, 1.54) is 12.1 Å². The van der Waals surface area contributed by atoms with Gasteiger partial charge in [0.1, 0.15) is 0 Å². The van der Waals surface area contributed by atoms with Crippen LogP contribution in [0.25, 0.3) is 0 Å². The van der Waals surface area contributed by atoms with Crippen molar-refractivity contribution in [2.75, 3.05) is 7.11 Å². The lowest BCUT2D eigenvalue weighted by atomic mass is 9.93. The maximum absolute atomic E-state index is 12.4. The zero-order chi connectivity index (χ0) is 16.2. The van der Waals surface area contributed by atoms with E-state index in [-0.39, 0.29) is 12.3 Å². The second-order valence-corrected chi connectivity index (χ2v) is 5.19. The Hall–Kier alpha value is -2.95. The molecule has 1 heterocycles. The summed E-state index contributed by atoms with van der Waals surface area (Å²) in [6.07, 6.45) is 1.79. The number of hydrogen-bond donors (Lipinski definition) is 0. The summed E-state index contributed by atoms with van der Waals surface area (Å²) >= 11 is 0. The molecule has 23 heavy (non-hydrogen) atoms. The number of carbonyl (C=O) groups is 2. The fourth-order valence-electron chi connectivity index (χ4n) is 2.62. The molecule has 1 aliphatic heterocycles. The van der Waals surface area contributed by atoms with E-state index in [0.29, 0.717) is 0 Å². The first kappa shape index (κ1) is 15.0. The largest absolute Gasteiger partial charge is 0.467 e. The van der Waals surface area contributed by atoms with E-state index in [1.54, 1.807) is 6.21 Å². The first-order valence-electron chi connectivity index (χ1n) is 7.27. The number of methoxy groups -OCH3 is 1. The van der Waals surface area contributed by atoms with Crippen LogP contribution in [0.2, 0.25) is 0 Å². The van der Waals surface area contributed by atoms with E-state index >= 15 is 0 Å². The van der Waals surface area contributed by atoms with Crippen molar-refractivity contribution in [1.82, 2.24) is 5.01 Å². The summed E-state index contributed by atoms with van der Waals surface area (Å²) in [6.45, 7) is 0. The molecule has 1 amide bonds. The molecule has 5 nitrogen and oxygen atoms in total. The van der Waals surface area contributed by atoms with Crippen molar-refractivity contribution in [3.63, 3.8) is 0 Å². The van der Waals surface area contributed by atoms with Crippen molar-refractivity contribution in [2.45, 2.75) is 12.5 Å². The Morgan fingerprint density at radius 2 is 1.87 bits per heavy atom. The van der Waals surface area contributed by atoms with Crippen molar-refractivity contribution >= 4 is 18.1 Å². The highest BCUT2D eigenvalue weighted by atomic mass is 16.5. The van der Waals surface area contributed by atoms with Crippen LogP contribution in [0.3, 0.4) is 0 Å². The summed E-state index contributed by atoms with van der Waals surface area (Å²) in [7, 11) is 1.31. The van der Waals surface area contributed by atoms with Gasteiger partial charge >= 0.3 is 5.97 Å². The number of amides is 1. The zero-order valence-corrected chi connectivity index (χ0v) is 12.7. The minimum Gasteiger partial charge on any atom is -0.467 e. The Bertz CT molecular complexity index is 756. The molecule has 0 N–H and O–H groups in total. The van der Waals surface area contributed by atoms with E-state index in [2.05, 4.69) is 5.10 Å². The second kappa shape index (κ2) is 6.44. The Labute approximate surface area is 134 Å². The highest BCUT2D eigenvalue weighted by molar-refractivity contribution is 5.91. The fraction of sp³-hybridized carbons (Fsp3) is 0.167. The van der Waals surface area contributed by atoms with Gasteiger partial charge in [0, 0.05) is 0 Å². The van der Waals surface area contributed by atoms with Gasteiger partial charge in [-0.25, -0.2) is 9.80 Å². The molecule has 3 rings (SSSR count). The Balaban J connectivity index is 1.99. The van der Waals surface area contributed by atoms with Crippen LogP contribution in [0.4, 0.5) is 0 Å². The normalized spacial score (nSPS) is 17.2. The van der Waals surface area contributed by atoms with E-state index < -0.39 is 12.0 Å². The van der Waals surface area contributed by atoms with Crippen molar-refractivity contribution < 1.29 is 14.3 Å². The lowest BCUT2D eigenvalue weighted by molar-refractivity contribution is -0.154. The molecule has 0 aromatic heterocycles. The number of esters is 1. The number of hydrazone groups is 1. The molecule has 1 atom stereocenters. The van der Waals surface area contributed by atoms with Crippen LogP contribution < -0.4 is 0 Å². The number of benzene rings is 2. The zero-order valence-electron chi connectivity index (χ0n) is 12.7. The molecule has 0 saturated carbocycles. The second-order valence-electron chi connectivity index (χ2n) is 5.19. The van der Waals surface area contributed by atoms with Gasteiger partial charge in [0.05, 0.1) is 19.7 Å². The van der Waals surface area contributed by atoms with Gasteiger partial charge in [-0.05, 0) is 16.7 Å². The van der Waals surface area contributed by atoms with E-state index in [9.17, 15) is 9.59 Å². The van der Waals surface area contributed by atoms with Crippen molar-refractivity contribution in [3.8, 4) is 0 Å². The monoisotopic (exact) mass is 308 g/mol. The minimum atomic E-state index is -0.850. The summed E-state index contributed by atoms with van der Waals surface area (Å²) in [5.74, 6) is -0.734. The molecular formula is C18H16N2O3. The van der Waals surface area contributed by atoms with Crippen LogP contribution in [-0.4, -0.2) is 30.2 Å². The number of ether oxygens (including phenoxy) is 1. The van der Waals surface area contributed by atoms with Crippen LogP contribution >= 0.6 is 0 Å². The molecule has 2 aromatic carbocycles. The minimum absolute atomic E-state index is 0.218. The summed E-state index contributed by atoms with van der Waals surface area (Å²) in [5.41, 5.74) is 2.44. The Morgan fingerprint density at radius 1 is 1.17 bits per heavy atom. The Morgan fingerprint density at radius 3 is 2.61 bits per heavy atom. The summed E-state index contributed by atoms with van der Waals surface area (Å²) in [5, 5.41) is 5.45. The van der Waals surface area contributed by atoms with E-state index in [1.807, 2.05) is 54.6 Å². The van der Waals surface area contributed by atoms with E-state index in [0.717, 1.165) is 16.7 Å². The SMILES string of the molecule is COC(=O)C1c2ccccc2CC(=O)N1/N=C\c1ccccc1. The molecule has 0 saturated heterocycles. The van der Waals surface area contributed by atoms with Gasteiger partial charge in [-0.15, -0.1) is 0 Å². The highest BCUT2D eigenvalue weighted by Crippen LogP contribution is 2.31. The predicted octanol–water partition coefficient (Wildman–Crippen LogP) is 2.32. The lowest BCUT2D eigenvalue weighted by Crippen LogP contribution is -2.41. The third-order valence-corrected chi connectivity index (χ3v) is 3.75. The number of rotatable bonds is 3. The molecule has 5 heteroatoms. The number of nitrogens with zero attached hydrogens (tertiary/aromatic N) is 2. The molecule has 0 bridgehead atoms. The summed E-state index contributed by atoms with van der Waals surface area (Å²) in [4.78, 5) is 24.6. The van der Waals surface area contributed by atoms with Crippen LogP contribution in [0.5, 0.6) is 0 Å². The van der Waals surface area contributed by atoms with Gasteiger partial charge in [-0.1, -0.05) is 54.6 Å². The molecule has 1 unspecified atom stereocenters. The average molecular weight is 308 g/mol. The third kappa shape index (κ3) is 2.99. The van der Waals surface area contributed by atoms with Gasteiger partial charge in [-0.2, -0.15) is 5.10 Å². The summed E-state index contributed by atoms with van der Waals surface area (Å²) in [6, 6.07) is 15.9. The predicted molar refractivity (Wildman–Crippen MR) is 85.8 cm³/mol. The molecule has 0 radical (unpaired) electrons. The Kier molecular flexibility index (Phi) is 4.19. The van der Waals surface area contributed by atoms with Gasteiger partial charge in [0.2, 0.25) is 5.91 Å². The molecule has 0 aliphatic carbocycles. The molecular weight excluding hydrogens is 292 g/mol. The lowest BCUT2D eigenvalue weighted by Gasteiger charge is -2.31. The number of fused-ring (bicyclic) bond motifs is 1. The van der Waals surface area contributed by atoms with Gasteiger partial charge < -0.3 is 4.74 Å². The third-order valence-electron chi connectivity index (χ3n) is 3.75. The average Bonchev–Trinajstić information content (AvgIpc) is 2.59. The molecule has 1 aliphatic rings. The number of carbonyl (C=O) groups excluding carboxylic acids is 2. The number of hydrogen-bond acceptors (Lipinski definition) is 4. The van der Waals surface area contributed by atoms with Crippen LogP contribution in [0.15, 0.2) is 59.7 Å². The van der Waals surface area contributed by atoms with Crippen molar-refractivity contribution in [1.29, 1.82) is 0 Å². The molecule has 2 aromatic rings. The van der Waals surface area contributed by atoms with Crippen LogP contribution in [-0.2, 0) is 20.7 Å². The van der Waals surface area contributed by atoms with Crippen LogP contribution in [0, 0.1) is 0 Å². The quantitative estimate of drug-likeness (QED) is 0.646. The molecule has 116 valence electrons. The maximum Gasteiger partial charge on any atom is 0.335 e. The van der Waals surface area contributed by atoms with Crippen LogP contribution in [0.1, 0.15) is 22.7 Å². The highest BCUT2D eigenvalue weighted by Gasteiger charge is 2.38. The maximum atomic E-state index is 12.4. The van der Waals surface area contributed by atoms with Crippen molar-refractivity contribution in [3.05, 3.63) is 71.3 Å². The smallest absolute Gasteiger partial charge is 0.335 e. The first-order valence-corrected chi connectivity index (χ1v) is 7.27. The summed E-state index contributed by atoms with van der Waals surface area (Å²) < 4.78 is 4.87. The van der Waals surface area contributed by atoms with Gasteiger partial charge in [0.15, 0.2) is 6.04 Å². The molecule has 0 spiro atoms. The van der Waals surface area contributed by atoms with E-state index in [4.69, 9.17) is 4.74 Å². The standard InChI is InChI=1S/C18H16N2O3/c1-23-18(22)17-15-10-6-5-9-14(15)11-16(21)20(17)19-12-13-7-3-2-4-8-13/h2-10,12,17H,11H2,1H3/b19-12-. The van der Waals surface area contributed by atoms with Crippen molar-refractivity contribution in [2.24, 2.45) is 5.10 Å². The fourth-order valence-corrected chi connectivity index (χ4v) is 2.62. The van der Waals surface area contributed by atoms with Gasteiger partial charge in [-0.3, -0.25) is 4.79 Å². The molecule has 0 fully saturated rings. The first-order chi connectivity index (χ1) is 11.2. The topological polar surface area (TPSA) is 59.0 Å². The van der Waals surface area contributed by atoms with Gasteiger partial charge in [0.25, 0.3) is 0 Å².